The van der Waals surface area contributed by atoms with Gasteiger partial charge in [0.2, 0.25) is 16.8 Å². The Labute approximate surface area is 139 Å². The number of nitrogens with zero attached hydrogens (tertiary/aromatic N) is 1. The molecule has 2 atom stereocenters. The Bertz CT molecular complexity index is 990. The lowest BCUT2D eigenvalue weighted by atomic mass is 9.99. The van der Waals surface area contributed by atoms with Crippen LogP contribution in [-0.2, 0) is 11.3 Å². The molecule has 0 spiro atoms. The second-order valence-corrected chi connectivity index (χ2v) is 6.00. The Kier molecular flexibility index (Phi) is 4.52. The standard InChI is InChI=1S/C16H14FN3O3S/c1-9(20-24(22)23)11-3-2-10(8-14(11)17)12-6-7-18-16-13(12)4-5-15(21)19-16/h2-9,20H,1H3,(H,22,23)(H,18,19,21). The number of rotatable bonds is 4. The van der Waals surface area contributed by atoms with Gasteiger partial charge in [0.1, 0.15) is 11.5 Å². The van der Waals surface area contributed by atoms with Crippen LogP contribution in [0.5, 0.6) is 0 Å². The lowest BCUT2D eigenvalue weighted by Crippen LogP contribution is -2.21. The van der Waals surface area contributed by atoms with Crippen molar-refractivity contribution in [2.75, 3.05) is 0 Å². The van der Waals surface area contributed by atoms with E-state index in [9.17, 15) is 13.4 Å². The minimum Gasteiger partial charge on any atom is -0.307 e. The highest BCUT2D eigenvalue weighted by atomic mass is 32.2. The van der Waals surface area contributed by atoms with Crippen LogP contribution in [0.1, 0.15) is 18.5 Å². The summed E-state index contributed by atoms with van der Waals surface area (Å²) in [4.78, 5) is 18.1. The van der Waals surface area contributed by atoms with Gasteiger partial charge in [-0.05, 0) is 36.2 Å². The highest BCUT2D eigenvalue weighted by Gasteiger charge is 2.14. The second kappa shape index (κ2) is 6.60. The average Bonchev–Trinajstić information content (AvgIpc) is 2.53. The van der Waals surface area contributed by atoms with E-state index in [1.807, 2.05) is 0 Å². The molecule has 0 aliphatic heterocycles. The quantitative estimate of drug-likeness (QED) is 0.632. The molecule has 3 N–H and O–H groups in total. The van der Waals surface area contributed by atoms with Crippen LogP contribution in [0, 0.1) is 5.82 Å². The van der Waals surface area contributed by atoms with Crippen molar-refractivity contribution in [2.45, 2.75) is 13.0 Å². The van der Waals surface area contributed by atoms with E-state index in [1.165, 1.54) is 12.1 Å². The number of H-pyrrole nitrogens is 1. The van der Waals surface area contributed by atoms with Crippen molar-refractivity contribution in [1.82, 2.24) is 14.7 Å². The van der Waals surface area contributed by atoms with E-state index in [1.54, 1.807) is 37.4 Å². The molecule has 8 heteroatoms. The van der Waals surface area contributed by atoms with E-state index in [0.29, 0.717) is 16.6 Å². The topological polar surface area (TPSA) is 95.1 Å². The second-order valence-electron chi connectivity index (χ2n) is 5.27. The Morgan fingerprint density at radius 3 is 2.79 bits per heavy atom. The predicted octanol–water partition coefficient (Wildman–Crippen LogP) is 2.52. The van der Waals surface area contributed by atoms with Crippen LogP contribution in [0.15, 0.2) is 47.4 Å². The lowest BCUT2D eigenvalue weighted by Gasteiger charge is -2.13. The van der Waals surface area contributed by atoms with Crippen LogP contribution >= 0.6 is 0 Å². The van der Waals surface area contributed by atoms with Gasteiger partial charge in [-0.2, -0.15) is 0 Å². The zero-order chi connectivity index (χ0) is 17.3. The number of aromatic amines is 1. The molecule has 6 nitrogen and oxygen atoms in total. The summed E-state index contributed by atoms with van der Waals surface area (Å²) in [5.41, 5.74) is 1.80. The molecule has 3 aromatic rings. The fourth-order valence-corrected chi connectivity index (χ4v) is 3.00. The summed E-state index contributed by atoms with van der Waals surface area (Å²) >= 11 is -2.23. The molecule has 0 saturated heterocycles. The van der Waals surface area contributed by atoms with Gasteiger partial charge in [0.05, 0.1) is 0 Å². The maximum absolute atomic E-state index is 14.4. The third-order valence-electron chi connectivity index (χ3n) is 3.69. The predicted molar refractivity (Wildman–Crippen MR) is 90.1 cm³/mol. The number of benzene rings is 1. The number of pyridine rings is 2. The third-order valence-corrected chi connectivity index (χ3v) is 4.24. The first-order valence-corrected chi connectivity index (χ1v) is 8.21. The highest BCUT2D eigenvalue weighted by molar-refractivity contribution is 7.77. The number of hydrogen-bond acceptors (Lipinski definition) is 3. The summed E-state index contributed by atoms with van der Waals surface area (Å²) in [7, 11) is 0. The first kappa shape index (κ1) is 16.4. The minimum atomic E-state index is -2.23. The van der Waals surface area contributed by atoms with Crippen LogP contribution in [0.2, 0.25) is 0 Å². The zero-order valence-electron chi connectivity index (χ0n) is 12.6. The highest BCUT2D eigenvalue weighted by Crippen LogP contribution is 2.29. The molecule has 0 saturated carbocycles. The maximum atomic E-state index is 14.4. The Hall–Kier alpha value is -2.42. The van der Waals surface area contributed by atoms with Gasteiger partial charge in [-0.1, -0.05) is 12.1 Å². The van der Waals surface area contributed by atoms with Gasteiger partial charge in [0, 0.05) is 29.3 Å². The van der Waals surface area contributed by atoms with Crippen molar-refractivity contribution in [1.29, 1.82) is 0 Å². The Morgan fingerprint density at radius 2 is 2.08 bits per heavy atom. The molecule has 124 valence electrons. The van der Waals surface area contributed by atoms with Crippen molar-refractivity contribution >= 4 is 22.3 Å². The number of aromatic nitrogens is 2. The van der Waals surface area contributed by atoms with Gasteiger partial charge >= 0.3 is 0 Å². The molecule has 3 rings (SSSR count). The molecular formula is C16H14FN3O3S. The minimum absolute atomic E-state index is 0.259. The molecule has 0 aliphatic rings. The smallest absolute Gasteiger partial charge is 0.249 e. The van der Waals surface area contributed by atoms with Crippen LogP contribution in [0.4, 0.5) is 4.39 Å². The number of hydrogen-bond donors (Lipinski definition) is 3. The monoisotopic (exact) mass is 347 g/mol. The summed E-state index contributed by atoms with van der Waals surface area (Å²) in [6, 6.07) is 8.79. The molecule has 0 bridgehead atoms. The average molecular weight is 347 g/mol. The third kappa shape index (κ3) is 3.25. The van der Waals surface area contributed by atoms with Crippen molar-refractivity contribution in [3.63, 3.8) is 0 Å². The van der Waals surface area contributed by atoms with E-state index < -0.39 is 23.1 Å². The number of fused-ring (bicyclic) bond motifs is 1. The van der Waals surface area contributed by atoms with E-state index >= 15 is 0 Å². The lowest BCUT2D eigenvalue weighted by molar-refractivity contribution is 0.526. The molecule has 2 heterocycles. The fourth-order valence-electron chi connectivity index (χ4n) is 2.57. The van der Waals surface area contributed by atoms with Gasteiger partial charge in [-0.25, -0.2) is 18.3 Å². The normalized spacial score (nSPS) is 13.8. The van der Waals surface area contributed by atoms with Gasteiger partial charge in [0.25, 0.3) is 0 Å². The van der Waals surface area contributed by atoms with Gasteiger partial charge < -0.3 is 4.98 Å². The van der Waals surface area contributed by atoms with Crippen LogP contribution < -0.4 is 10.3 Å². The van der Waals surface area contributed by atoms with Crippen LogP contribution in [0.3, 0.4) is 0 Å². The van der Waals surface area contributed by atoms with Crippen molar-refractivity contribution < 1.29 is 13.2 Å². The zero-order valence-corrected chi connectivity index (χ0v) is 13.4. The molecule has 24 heavy (non-hydrogen) atoms. The number of nitrogens with one attached hydrogen (secondary N) is 2. The van der Waals surface area contributed by atoms with Crippen molar-refractivity contribution in [2.24, 2.45) is 0 Å². The summed E-state index contributed by atoms with van der Waals surface area (Å²) < 4.78 is 36.4. The summed E-state index contributed by atoms with van der Waals surface area (Å²) in [6.45, 7) is 1.60. The molecule has 2 aromatic heterocycles. The van der Waals surface area contributed by atoms with Crippen LogP contribution in [-0.4, -0.2) is 18.7 Å². The first-order valence-electron chi connectivity index (χ1n) is 7.10. The molecule has 1 aromatic carbocycles. The fraction of sp³-hybridized carbons (Fsp3) is 0.125. The van der Waals surface area contributed by atoms with Gasteiger partial charge in [0.15, 0.2) is 0 Å². The summed E-state index contributed by atoms with van der Waals surface area (Å²) in [6.07, 6.45) is 1.54. The van der Waals surface area contributed by atoms with E-state index in [-0.39, 0.29) is 11.1 Å². The molecule has 0 aliphatic carbocycles. The molecular weight excluding hydrogens is 333 g/mol. The Balaban J connectivity index is 2.07. The SMILES string of the molecule is CC(NS(=O)O)c1ccc(-c2ccnc3[nH]c(=O)ccc23)cc1F. The van der Waals surface area contributed by atoms with E-state index in [2.05, 4.69) is 14.7 Å². The first-order chi connectivity index (χ1) is 11.5. The molecule has 0 radical (unpaired) electrons. The summed E-state index contributed by atoms with van der Waals surface area (Å²) in [5.74, 6) is -0.493. The molecule has 0 amide bonds. The summed E-state index contributed by atoms with van der Waals surface area (Å²) in [5, 5.41) is 0.701. The number of halogens is 1. The maximum Gasteiger partial charge on any atom is 0.249 e. The van der Waals surface area contributed by atoms with Crippen molar-refractivity contribution in [3.8, 4) is 11.1 Å². The van der Waals surface area contributed by atoms with Gasteiger partial charge in [-0.3, -0.25) is 9.35 Å². The van der Waals surface area contributed by atoms with E-state index in [0.717, 1.165) is 5.56 Å². The molecule has 0 fully saturated rings. The van der Waals surface area contributed by atoms with Crippen molar-refractivity contribution in [3.05, 3.63) is 64.3 Å². The van der Waals surface area contributed by atoms with E-state index in [4.69, 9.17) is 4.55 Å². The van der Waals surface area contributed by atoms with Crippen LogP contribution in [0.25, 0.3) is 22.2 Å². The Morgan fingerprint density at radius 1 is 1.29 bits per heavy atom. The molecule has 2 unspecified atom stereocenters. The van der Waals surface area contributed by atoms with Gasteiger partial charge in [-0.15, -0.1) is 0 Å². The largest absolute Gasteiger partial charge is 0.307 e.